The SMILES string of the molecule is C=CC(=O)Nc1cccc(CC(=O)NC2CCC3CCN(C(=O)C(NC(=O)C(C)NC)C(C)(C)C)C32)c1. The Labute approximate surface area is 219 Å². The van der Waals surface area contributed by atoms with E-state index in [1.807, 2.05) is 31.7 Å². The number of carbonyl (C=O) groups is 4. The number of likely N-dealkylation sites (N-methyl/N-ethyl adjacent to an activating group) is 1. The highest BCUT2D eigenvalue weighted by Crippen LogP contribution is 2.39. The van der Waals surface area contributed by atoms with E-state index in [0.29, 0.717) is 18.2 Å². The van der Waals surface area contributed by atoms with Gasteiger partial charge >= 0.3 is 0 Å². The summed E-state index contributed by atoms with van der Waals surface area (Å²) in [5, 5.41) is 11.8. The molecule has 4 N–H and O–H groups in total. The van der Waals surface area contributed by atoms with Crippen LogP contribution in [-0.4, -0.2) is 66.3 Å². The smallest absolute Gasteiger partial charge is 0.247 e. The molecular weight excluding hydrogens is 470 g/mol. The van der Waals surface area contributed by atoms with Gasteiger partial charge in [-0.2, -0.15) is 0 Å². The molecule has 4 amide bonds. The molecule has 0 aromatic heterocycles. The van der Waals surface area contributed by atoms with Gasteiger partial charge in [-0.1, -0.05) is 39.5 Å². The number of amides is 4. The van der Waals surface area contributed by atoms with Crippen LogP contribution in [0.25, 0.3) is 0 Å². The maximum absolute atomic E-state index is 13.8. The molecule has 0 radical (unpaired) electrons. The Morgan fingerprint density at radius 2 is 1.89 bits per heavy atom. The van der Waals surface area contributed by atoms with Crippen LogP contribution in [-0.2, 0) is 25.6 Å². The summed E-state index contributed by atoms with van der Waals surface area (Å²) in [6, 6.07) is 5.86. The summed E-state index contributed by atoms with van der Waals surface area (Å²) in [5.74, 6) is -0.410. The third kappa shape index (κ3) is 6.97. The Hall–Kier alpha value is -3.20. The molecule has 202 valence electrons. The van der Waals surface area contributed by atoms with Gasteiger partial charge in [0.2, 0.25) is 23.6 Å². The summed E-state index contributed by atoms with van der Waals surface area (Å²) in [6.07, 6.45) is 4.02. The van der Waals surface area contributed by atoms with Crippen molar-refractivity contribution in [2.75, 3.05) is 18.9 Å². The van der Waals surface area contributed by atoms with E-state index in [9.17, 15) is 19.2 Å². The molecule has 1 aliphatic carbocycles. The van der Waals surface area contributed by atoms with Gasteiger partial charge in [-0.15, -0.1) is 0 Å². The Balaban J connectivity index is 1.69. The third-order valence-corrected chi connectivity index (χ3v) is 7.44. The quantitative estimate of drug-likeness (QED) is 0.378. The van der Waals surface area contributed by atoms with E-state index in [1.165, 1.54) is 6.08 Å². The number of hydrogen-bond acceptors (Lipinski definition) is 5. The van der Waals surface area contributed by atoms with Crippen molar-refractivity contribution < 1.29 is 19.2 Å². The number of nitrogens with zero attached hydrogens (tertiary/aromatic N) is 1. The van der Waals surface area contributed by atoms with Gasteiger partial charge in [0.15, 0.2) is 0 Å². The fourth-order valence-corrected chi connectivity index (χ4v) is 5.33. The van der Waals surface area contributed by atoms with Crippen molar-refractivity contribution in [3.63, 3.8) is 0 Å². The van der Waals surface area contributed by atoms with E-state index in [4.69, 9.17) is 0 Å². The van der Waals surface area contributed by atoms with Gasteiger partial charge in [0.05, 0.1) is 18.5 Å². The first-order valence-electron chi connectivity index (χ1n) is 13.0. The van der Waals surface area contributed by atoms with Crippen LogP contribution in [0.15, 0.2) is 36.9 Å². The molecule has 1 aromatic carbocycles. The number of likely N-dealkylation sites (tertiary alicyclic amines) is 1. The van der Waals surface area contributed by atoms with Crippen LogP contribution in [0.4, 0.5) is 5.69 Å². The summed E-state index contributed by atoms with van der Waals surface area (Å²) in [4.78, 5) is 52.9. The lowest BCUT2D eigenvalue weighted by Crippen LogP contribution is -2.60. The summed E-state index contributed by atoms with van der Waals surface area (Å²) >= 11 is 0. The number of anilines is 1. The van der Waals surface area contributed by atoms with E-state index in [-0.39, 0.29) is 42.1 Å². The number of nitrogens with one attached hydrogen (secondary N) is 4. The van der Waals surface area contributed by atoms with Crippen LogP contribution < -0.4 is 21.3 Å². The van der Waals surface area contributed by atoms with Crippen molar-refractivity contribution in [1.29, 1.82) is 0 Å². The molecular formula is C28H41N5O4. The zero-order chi connectivity index (χ0) is 27.3. The lowest BCUT2D eigenvalue weighted by molar-refractivity contribution is -0.141. The highest BCUT2D eigenvalue weighted by Gasteiger charge is 2.49. The van der Waals surface area contributed by atoms with Crippen molar-refractivity contribution in [3.05, 3.63) is 42.5 Å². The molecule has 2 aliphatic rings. The second-order valence-corrected chi connectivity index (χ2v) is 11.2. The standard InChI is InChI=1S/C28H41N5O4/c1-7-22(34)30-20-10-8-9-18(15-20)16-23(35)31-21-12-11-19-13-14-33(24(19)21)27(37)25(28(3,4)5)32-26(36)17(2)29-6/h7-10,15,17,19,21,24-25,29H,1,11-14,16H2,2-6H3,(H,30,34)(H,31,35)(H,32,36). The van der Waals surface area contributed by atoms with E-state index in [0.717, 1.165) is 24.8 Å². The maximum atomic E-state index is 13.8. The lowest BCUT2D eigenvalue weighted by atomic mass is 9.85. The fraction of sp³-hybridized carbons (Fsp3) is 0.571. The van der Waals surface area contributed by atoms with Crippen LogP contribution in [0.1, 0.15) is 52.5 Å². The first-order valence-corrected chi connectivity index (χ1v) is 13.0. The molecule has 0 spiro atoms. The first kappa shape index (κ1) is 28.4. The summed E-state index contributed by atoms with van der Waals surface area (Å²) < 4.78 is 0. The molecule has 3 rings (SSSR count). The van der Waals surface area contributed by atoms with Crippen molar-refractivity contribution in [3.8, 4) is 0 Å². The van der Waals surface area contributed by atoms with Gasteiger partial charge in [-0.3, -0.25) is 19.2 Å². The van der Waals surface area contributed by atoms with E-state index >= 15 is 0 Å². The largest absolute Gasteiger partial charge is 0.351 e. The average molecular weight is 512 g/mol. The maximum Gasteiger partial charge on any atom is 0.247 e. The van der Waals surface area contributed by atoms with Gasteiger partial charge in [0.1, 0.15) is 6.04 Å². The van der Waals surface area contributed by atoms with Crippen molar-refractivity contribution in [2.45, 2.75) is 77.5 Å². The Morgan fingerprint density at radius 3 is 2.54 bits per heavy atom. The van der Waals surface area contributed by atoms with E-state index < -0.39 is 17.5 Å². The molecule has 5 atom stereocenters. The monoisotopic (exact) mass is 511 g/mol. The molecule has 37 heavy (non-hydrogen) atoms. The second-order valence-electron chi connectivity index (χ2n) is 11.2. The number of benzene rings is 1. The Kier molecular flexibility index (Phi) is 9.12. The molecule has 1 saturated carbocycles. The van der Waals surface area contributed by atoms with Crippen LogP contribution in [0.5, 0.6) is 0 Å². The highest BCUT2D eigenvalue weighted by molar-refractivity contribution is 5.99. The fourth-order valence-electron chi connectivity index (χ4n) is 5.33. The zero-order valence-corrected chi connectivity index (χ0v) is 22.6. The van der Waals surface area contributed by atoms with E-state index in [2.05, 4.69) is 27.8 Å². The zero-order valence-electron chi connectivity index (χ0n) is 22.6. The summed E-state index contributed by atoms with van der Waals surface area (Å²) in [6.45, 7) is 11.7. The van der Waals surface area contributed by atoms with Gasteiger partial charge in [0.25, 0.3) is 0 Å². The van der Waals surface area contributed by atoms with Crippen LogP contribution >= 0.6 is 0 Å². The van der Waals surface area contributed by atoms with Crippen LogP contribution in [0.2, 0.25) is 0 Å². The Morgan fingerprint density at radius 1 is 1.16 bits per heavy atom. The third-order valence-electron chi connectivity index (χ3n) is 7.44. The minimum atomic E-state index is -0.667. The number of hydrogen-bond donors (Lipinski definition) is 4. The van der Waals surface area contributed by atoms with Gasteiger partial charge in [0, 0.05) is 18.3 Å². The van der Waals surface area contributed by atoms with Crippen LogP contribution in [0.3, 0.4) is 0 Å². The normalized spacial score (nSPS) is 22.5. The number of fused-ring (bicyclic) bond motifs is 1. The molecule has 1 heterocycles. The Bertz CT molecular complexity index is 1030. The molecule has 1 saturated heterocycles. The number of carbonyl (C=O) groups excluding carboxylic acids is 4. The van der Waals surface area contributed by atoms with Crippen molar-refractivity contribution in [2.24, 2.45) is 11.3 Å². The van der Waals surface area contributed by atoms with Gasteiger partial charge < -0.3 is 26.2 Å². The molecule has 1 aromatic rings. The van der Waals surface area contributed by atoms with Gasteiger partial charge in [-0.05, 0) is 68.3 Å². The van der Waals surface area contributed by atoms with Crippen molar-refractivity contribution in [1.82, 2.24) is 20.9 Å². The van der Waals surface area contributed by atoms with E-state index in [1.54, 1.807) is 32.2 Å². The molecule has 0 bridgehead atoms. The van der Waals surface area contributed by atoms with Gasteiger partial charge in [-0.25, -0.2) is 0 Å². The lowest BCUT2D eigenvalue weighted by Gasteiger charge is -2.38. The second kappa shape index (κ2) is 11.9. The average Bonchev–Trinajstić information content (AvgIpc) is 3.43. The predicted octanol–water partition coefficient (Wildman–Crippen LogP) is 1.99. The molecule has 5 unspecified atom stereocenters. The minimum absolute atomic E-state index is 0.0851. The molecule has 2 fully saturated rings. The molecule has 1 aliphatic heterocycles. The molecule has 9 nitrogen and oxygen atoms in total. The molecule has 9 heteroatoms. The highest BCUT2D eigenvalue weighted by atomic mass is 16.2. The minimum Gasteiger partial charge on any atom is -0.351 e. The first-order chi connectivity index (χ1) is 17.4. The van der Waals surface area contributed by atoms with Crippen LogP contribution in [0, 0.1) is 11.3 Å². The topological polar surface area (TPSA) is 120 Å². The number of rotatable bonds is 9. The summed E-state index contributed by atoms with van der Waals surface area (Å²) in [7, 11) is 1.71. The summed E-state index contributed by atoms with van der Waals surface area (Å²) in [5.41, 5.74) is 0.913. The predicted molar refractivity (Wildman–Crippen MR) is 144 cm³/mol. The van der Waals surface area contributed by atoms with Crippen molar-refractivity contribution >= 4 is 29.3 Å².